The molecule has 0 radical (unpaired) electrons. The Morgan fingerprint density at radius 2 is 2.31 bits per heavy atom. The molecule has 2 rings (SSSR count). The monoisotopic (exact) mass is 238 g/mol. The molecule has 1 amide bonds. The van der Waals surface area contributed by atoms with E-state index in [9.17, 15) is 4.79 Å². The van der Waals surface area contributed by atoms with Gasteiger partial charge in [-0.15, -0.1) is 0 Å². The van der Waals surface area contributed by atoms with Crippen molar-refractivity contribution in [3.63, 3.8) is 0 Å². The molecular weight excluding hydrogens is 224 g/mol. The van der Waals surface area contributed by atoms with E-state index >= 15 is 0 Å². The van der Waals surface area contributed by atoms with Crippen LogP contribution in [0.4, 0.5) is 0 Å². The Balaban J connectivity index is 2.30. The molecule has 1 aliphatic heterocycles. The third-order valence-electron chi connectivity index (χ3n) is 3.13. The molecule has 3 nitrogen and oxygen atoms in total. The van der Waals surface area contributed by atoms with Crippen LogP contribution in [0.5, 0.6) is 0 Å². The average Bonchev–Trinajstić information content (AvgIpc) is 2.29. The first-order chi connectivity index (χ1) is 7.72. The summed E-state index contributed by atoms with van der Waals surface area (Å²) >= 11 is 5.83. The summed E-state index contributed by atoms with van der Waals surface area (Å²) in [6, 6.07) is 3.95. The highest BCUT2D eigenvalue weighted by molar-refractivity contribution is 6.29. The number of aromatic nitrogens is 1. The molecule has 1 aromatic heterocycles. The van der Waals surface area contributed by atoms with E-state index in [1.807, 2.05) is 17.9 Å². The second kappa shape index (κ2) is 4.83. The van der Waals surface area contributed by atoms with E-state index in [1.165, 1.54) is 0 Å². The molecule has 1 saturated heterocycles. The first kappa shape index (κ1) is 11.4. The Kier molecular flexibility index (Phi) is 3.44. The predicted molar refractivity (Wildman–Crippen MR) is 63.3 cm³/mol. The van der Waals surface area contributed by atoms with E-state index in [4.69, 9.17) is 11.6 Å². The van der Waals surface area contributed by atoms with E-state index < -0.39 is 0 Å². The Morgan fingerprint density at radius 3 is 3.00 bits per heavy atom. The summed E-state index contributed by atoms with van der Waals surface area (Å²) in [5.74, 6) is 0. The minimum Gasteiger partial charge on any atom is -0.338 e. The van der Waals surface area contributed by atoms with Gasteiger partial charge in [0.1, 0.15) is 5.15 Å². The topological polar surface area (TPSA) is 33.2 Å². The lowest BCUT2D eigenvalue weighted by Crippen LogP contribution is -2.32. The molecule has 86 valence electrons. The molecular formula is C12H15ClN2O. The molecule has 0 aromatic carbocycles. The zero-order valence-electron chi connectivity index (χ0n) is 9.32. The minimum absolute atomic E-state index is 0.177. The lowest BCUT2D eigenvalue weighted by molar-refractivity contribution is -0.121. The van der Waals surface area contributed by atoms with Crippen molar-refractivity contribution in [2.75, 3.05) is 6.54 Å². The lowest BCUT2D eigenvalue weighted by atomic mass is 9.95. The summed E-state index contributed by atoms with van der Waals surface area (Å²) in [5, 5.41) is 0.509. The van der Waals surface area contributed by atoms with Gasteiger partial charge in [-0.3, -0.25) is 4.79 Å². The third-order valence-corrected chi connectivity index (χ3v) is 3.34. The molecule has 4 heteroatoms. The van der Waals surface area contributed by atoms with E-state index in [0.717, 1.165) is 43.5 Å². The van der Waals surface area contributed by atoms with Crippen molar-refractivity contribution >= 4 is 18.0 Å². The normalized spacial score (nSPS) is 20.9. The molecule has 2 heterocycles. The zero-order chi connectivity index (χ0) is 11.5. The maximum absolute atomic E-state index is 11.0. The fraction of sp³-hybridized carbons (Fsp3) is 0.500. The van der Waals surface area contributed by atoms with Gasteiger partial charge in [0, 0.05) is 12.2 Å². The average molecular weight is 239 g/mol. The van der Waals surface area contributed by atoms with Gasteiger partial charge < -0.3 is 4.90 Å². The zero-order valence-corrected chi connectivity index (χ0v) is 10.1. The van der Waals surface area contributed by atoms with Crippen LogP contribution in [0, 0.1) is 6.92 Å². The van der Waals surface area contributed by atoms with Crippen molar-refractivity contribution in [1.29, 1.82) is 0 Å². The molecule has 1 fully saturated rings. The lowest BCUT2D eigenvalue weighted by Gasteiger charge is -2.33. The fourth-order valence-corrected chi connectivity index (χ4v) is 2.50. The summed E-state index contributed by atoms with van der Waals surface area (Å²) < 4.78 is 0. The summed E-state index contributed by atoms with van der Waals surface area (Å²) in [6.45, 7) is 2.79. The highest BCUT2D eigenvalue weighted by Gasteiger charge is 2.24. The number of halogens is 1. The maximum atomic E-state index is 11.0. The highest BCUT2D eigenvalue weighted by Crippen LogP contribution is 2.31. The number of hydrogen-bond acceptors (Lipinski definition) is 2. The van der Waals surface area contributed by atoms with Gasteiger partial charge in [0.05, 0.1) is 6.04 Å². The molecule has 0 spiro atoms. The van der Waals surface area contributed by atoms with Gasteiger partial charge in [0.15, 0.2) is 0 Å². The Bertz CT molecular complexity index is 395. The quantitative estimate of drug-likeness (QED) is 0.586. The number of rotatable bonds is 2. The van der Waals surface area contributed by atoms with Gasteiger partial charge in [-0.1, -0.05) is 17.7 Å². The minimum atomic E-state index is 0.177. The molecule has 0 saturated carbocycles. The first-order valence-electron chi connectivity index (χ1n) is 5.56. The summed E-state index contributed by atoms with van der Waals surface area (Å²) in [6.07, 6.45) is 4.22. The maximum Gasteiger partial charge on any atom is 0.210 e. The van der Waals surface area contributed by atoms with Crippen LogP contribution in [0.2, 0.25) is 5.15 Å². The molecule has 0 aliphatic carbocycles. The molecule has 1 atom stereocenters. The van der Waals surface area contributed by atoms with Crippen LogP contribution in [0.15, 0.2) is 12.1 Å². The van der Waals surface area contributed by atoms with E-state index in [1.54, 1.807) is 6.07 Å². The first-order valence-corrected chi connectivity index (χ1v) is 5.94. The standard InChI is InChI=1S/C12H15ClN2O/c1-9-10(5-6-12(13)14-9)11-4-2-3-7-15(11)8-16/h5-6,8,11H,2-4,7H2,1H3. The number of carbonyl (C=O) groups excluding carboxylic acids is 1. The van der Waals surface area contributed by atoms with Gasteiger partial charge in [0.2, 0.25) is 6.41 Å². The number of pyridine rings is 1. The van der Waals surface area contributed by atoms with Crippen molar-refractivity contribution in [3.8, 4) is 0 Å². The molecule has 0 bridgehead atoms. The summed E-state index contributed by atoms with van der Waals surface area (Å²) in [4.78, 5) is 17.1. The van der Waals surface area contributed by atoms with Crippen molar-refractivity contribution in [3.05, 3.63) is 28.5 Å². The smallest absolute Gasteiger partial charge is 0.210 e. The van der Waals surface area contributed by atoms with E-state index in [-0.39, 0.29) is 6.04 Å². The van der Waals surface area contributed by atoms with Gasteiger partial charge in [0.25, 0.3) is 0 Å². The van der Waals surface area contributed by atoms with Crippen LogP contribution in [0.1, 0.15) is 36.6 Å². The Labute approximate surface area is 100 Å². The fourth-order valence-electron chi connectivity index (χ4n) is 2.31. The van der Waals surface area contributed by atoms with Crippen LogP contribution >= 0.6 is 11.6 Å². The van der Waals surface area contributed by atoms with Crippen molar-refractivity contribution in [2.24, 2.45) is 0 Å². The number of likely N-dealkylation sites (tertiary alicyclic amines) is 1. The van der Waals surface area contributed by atoms with Crippen LogP contribution in [0.3, 0.4) is 0 Å². The van der Waals surface area contributed by atoms with Crippen LogP contribution < -0.4 is 0 Å². The van der Waals surface area contributed by atoms with E-state index in [0.29, 0.717) is 5.15 Å². The van der Waals surface area contributed by atoms with Gasteiger partial charge in [-0.25, -0.2) is 4.98 Å². The number of hydrogen-bond donors (Lipinski definition) is 0. The number of carbonyl (C=O) groups is 1. The molecule has 1 aromatic rings. The SMILES string of the molecule is Cc1nc(Cl)ccc1C1CCCCN1C=O. The molecule has 1 unspecified atom stereocenters. The third kappa shape index (κ3) is 2.19. The number of piperidine rings is 1. The molecule has 1 aliphatic rings. The van der Waals surface area contributed by atoms with Crippen LogP contribution in [-0.4, -0.2) is 22.8 Å². The Morgan fingerprint density at radius 1 is 1.50 bits per heavy atom. The summed E-state index contributed by atoms with van der Waals surface area (Å²) in [7, 11) is 0. The number of amides is 1. The summed E-state index contributed by atoms with van der Waals surface area (Å²) in [5.41, 5.74) is 2.04. The van der Waals surface area contributed by atoms with Crippen LogP contribution in [0.25, 0.3) is 0 Å². The van der Waals surface area contributed by atoms with E-state index in [2.05, 4.69) is 4.98 Å². The van der Waals surface area contributed by atoms with Gasteiger partial charge in [-0.05, 0) is 37.8 Å². The largest absolute Gasteiger partial charge is 0.338 e. The van der Waals surface area contributed by atoms with Gasteiger partial charge >= 0.3 is 0 Å². The van der Waals surface area contributed by atoms with Gasteiger partial charge in [-0.2, -0.15) is 0 Å². The van der Waals surface area contributed by atoms with Crippen molar-refractivity contribution < 1.29 is 4.79 Å². The number of aryl methyl sites for hydroxylation is 1. The predicted octanol–water partition coefficient (Wildman–Crippen LogP) is 2.73. The Hall–Kier alpha value is -1.09. The second-order valence-corrected chi connectivity index (χ2v) is 4.55. The molecule has 16 heavy (non-hydrogen) atoms. The highest BCUT2D eigenvalue weighted by atomic mass is 35.5. The molecule has 0 N–H and O–H groups in total. The van der Waals surface area contributed by atoms with Crippen molar-refractivity contribution in [2.45, 2.75) is 32.2 Å². The second-order valence-electron chi connectivity index (χ2n) is 4.16. The van der Waals surface area contributed by atoms with Crippen molar-refractivity contribution in [1.82, 2.24) is 9.88 Å². The number of nitrogens with zero attached hydrogens (tertiary/aromatic N) is 2. The van der Waals surface area contributed by atoms with Crippen LogP contribution in [-0.2, 0) is 4.79 Å².